The number of hydrazine groups is 1. The van der Waals surface area contributed by atoms with E-state index in [0.29, 0.717) is 0 Å². The average molecular weight is 134 g/mol. The maximum absolute atomic E-state index is 5.74. The lowest BCUT2D eigenvalue weighted by atomic mass is 10.4. The highest BCUT2D eigenvalue weighted by molar-refractivity contribution is 6.21. The van der Waals surface area contributed by atoms with Gasteiger partial charge in [-0.25, -0.2) is 5.53 Å². The fraction of sp³-hybridized carbons (Fsp3) is 0.750. The van der Waals surface area contributed by atoms with Crippen LogP contribution in [0.2, 0.25) is 0 Å². The predicted molar refractivity (Wildman–Crippen MR) is 33.6 cm³/mol. The van der Waals surface area contributed by atoms with Crippen LogP contribution in [0.3, 0.4) is 0 Å². The van der Waals surface area contributed by atoms with Crippen molar-refractivity contribution < 1.29 is 0 Å². The number of hydrogen-bond acceptors (Lipinski definition) is 3. The summed E-state index contributed by atoms with van der Waals surface area (Å²) in [5.41, 5.74) is 2.75. The van der Waals surface area contributed by atoms with E-state index in [2.05, 4.69) is 10.6 Å². The number of hydrazone groups is 1. The first-order valence-electron chi connectivity index (χ1n) is 2.45. The van der Waals surface area contributed by atoms with Crippen molar-refractivity contribution in [2.24, 2.45) is 5.10 Å². The van der Waals surface area contributed by atoms with E-state index >= 15 is 0 Å². The van der Waals surface area contributed by atoms with Gasteiger partial charge in [-0.3, -0.25) is 0 Å². The van der Waals surface area contributed by atoms with Crippen molar-refractivity contribution in [3.8, 4) is 0 Å². The Morgan fingerprint density at radius 2 is 2.75 bits per heavy atom. The van der Waals surface area contributed by atoms with Crippen LogP contribution in [0.25, 0.3) is 0 Å². The van der Waals surface area contributed by atoms with Gasteiger partial charge in [0.2, 0.25) is 0 Å². The van der Waals surface area contributed by atoms with Gasteiger partial charge in [-0.1, -0.05) is 0 Å². The summed E-state index contributed by atoms with van der Waals surface area (Å²) in [5.74, 6) is 0. The molecule has 0 fully saturated rings. The lowest BCUT2D eigenvalue weighted by Gasteiger charge is -2.23. The third-order valence-electron chi connectivity index (χ3n) is 1.03. The summed E-state index contributed by atoms with van der Waals surface area (Å²) in [5, 5.41) is 5.53. The van der Waals surface area contributed by atoms with Gasteiger partial charge in [-0.15, -0.1) is 11.6 Å². The van der Waals surface area contributed by atoms with Crippen LogP contribution >= 0.6 is 11.6 Å². The topological polar surface area (TPSA) is 27.6 Å². The van der Waals surface area contributed by atoms with Gasteiger partial charge in [0, 0.05) is 19.7 Å². The lowest BCUT2D eigenvalue weighted by Crippen LogP contribution is -2.39. The Balaban J connectivity index is 2.44. The van der Waals surface area contributed by atoms with Crippen molar-refractivity contribution in [1.82, 2.24) is 10.5 Å². The highest BCUT2D eigenvalue weighted by Crippen LogP contribution is 2.04. The van der Waals surface area contributed by atoms with E-state index in [1.165, 1.54) is 0 Å². The highest BCUT2D eigenvalue weighted by Gasteiger charge is 2.10. The number of alkyl halides is 1. The molecule has 0 bridgehead atoms. The molecule has 0 spiro atoms. The van der Waals surface area contributed by atoms with Gasteiger partial charge in [0.15, 0.2) is 0 Å². The molecule has 1 atom stereocenters. The van der Waals surface area contributed by atoms with Crippen molar-refractivity contribution in [1.29, 1.82) is 0 Å². The van der Waals surface area contributed by atoms with Crippen molar-refractivity contribution in [3.05, 3.63) is 0 Å². The Morgan fingerprint density at radius 3 is 3.12 bits per heavy atom. The van der Waals surface area contributed by atoms with Crippen LogP contribution in [0, 0.1) is 0 Å². The van der Waals surface area contributed by atoms with Gasteiger partial charge in [0.25, 0.3) is 0 Å². The average Bonchev–Trinajstić information content (AvgIpc) is 1.77. The fourth-order valence-electron chi connectivity index (χ4n) is 0.492. The van der Waals surface area contributed by atoms with Crippen molar-refractivity contribution >= 4 is 17.8 Å². The first-order chi connectivity index (χ1) is 3.80. The Morgan fingerprint density at radius 1 is 2.00 bits per heavy atom. The van der Waals surface area contributed by atoms with Crippen molar-refractivity contribution in [2.75, 3.05) is 7.05 Å². The lowest BCUT2D eigenvalue weighted by molar-refractivity contribution is 0.212. The van der Waals surface area contributed by atoms with Crippen LogP contribution in [-0.4, -0.2) is 23.8 Å². The Labute approximate surface area is 53.3 Å². The van der Waals surface area contributed by atoms with Crippen LogP contribution in [0.1, 0.15) is 6.42 Å². The van der Waals surface area contributed by atoms with E-state index in [4.69, 9.17) is 11.6 Å². The Kier molecular flexibility index (Phi) is 1.70. The number of halogens is 1. The molecule has 0 amide bonds. The largest absolute Gasteiger partial charge is 0.240 e. The summed E-state index contributed by atoms with van der Waals surface area (Å²) >= 11 is 5.74. The summed E-state index contributed by atoms with van der Waals surface area (Å²) < 4.78 is 0. The van der Waals surface area contributed by atoms with E-state index in [9.17, 15) is 0 Å². The molecule has 0 aromatic heterocycles. The van der Waals surface area contributed by atoms with Gasteiger partial charge in [0.1, 0.15) is 5.50 Å². The number of nitrogens with one attached hydrogen (secondary N) is 1. The van der Waals surface area contributed by atoms with Gasteiger partial charge in [-0.2, -0.15) is 10.1 Å². The molecule has 46 valence electrons. The summed E-state index contributed by atoms with van der Waals surface area (Å²) in [4.78, 5) is 0. The second-order valence-electron chi connectivity index (χ2n) is 1.69. The molecule has 1 rings (SSSR count). The van der Waals surface area contributed by atoms with Crippen LogP contribution in [0.15, 0.2) is 5.10 Å². The first kappa shape index (κ1) is 5.85. The summed E-state index contributed by atoms with van der Waals surface area (Å²) in [6, 6.07) is 0. The molecule has 1 heterocycles. The van der Waals surface area contributed by atoms with Crippen LogP contribution < -0.4 is 5.53 Å². The second kappa shape index (κ2) is 2.33. The molecule has 3 nitrogen and oxygen atoms in total. The minimum Gasteiger partial charge on any atom is -0.240 e. The SMILES string of the molecule is CN1NN=CCC1Cl. The maximum atomic E-state index is 5.74. The third kappa shape index (κ3) is 1.11. The maximum Gasteiger partial charge on any atom is 0.109 e. The summed E-state index contributed by atoms with van der Waals surface area (Å²) in [6.45, 7) is 0. The molecule has 1 aliphatic rings. The molecular weight excluding hydrogens is 126 g/mol. The highest BCUT2D eigenvalue weighted by atomic mass is 35.5. The molecule has 0 aromatic carbocycles. The number of nitrogens with zero attached hydrogens (tertiary/aromatic N) is 2. The standard InChI is InChI=1S/C4H8ClN3/c1-8-4(5)2-3-6-7-8/h3-4,7H,2H2,1H3. The quantitative estimate of drug-likeness (QED) is 0.382. The Hall–Kier alpha value is -0.280. The third-order valence-corrected chi connectivity index (χ3v) is 1.50. The predicted octanol–water partition coefficient (Wildman–Crippen LogP) is 0.377. The molecule has 1 aliphatic heterocycles. The number of hydrogen-bond donors (Lipinski definition) is 1. The minimum absolute atomic E-state index is 0.0486. The zero-order chi connectivity index (χ0) is 5.98. The van der Waals surface area contributed by atoms with Gasteiger partial charge in [0.05, 0.1) is 0 Å². The molecule has 1 N–H and O–H groups in total. The van der Waals surface area contributed by atoms with Crippen molar-refractivity contribution in [2.45, 2.75) is 11.9 Å². The summed E-state index contributed by atoms with van der Waals surface area (Å²) in [6.07, 6.45) is 2.57. The molecule has 8 heavy (non-hydrogen) atoms. The van der Waals surface area contributed by atoms with Crippen LogP contribution in [0.4, 0.5) is 0 Å². The molecule has 0 aromatic rings. The van der Waals surface area contributed by atoms with Gasteiger partial charge in [-0.05, 0) is 0 Å². The number of rotatable bonds is 0. The molecule has 0 saturated carbocycles. The fourth-order valence-corrected chi connectivity index (χ4v) is 0.616. The summed E-state index contributed by atoms with van der Waals surface area (Å²) in [7, 11) is 1.86. The molecule has 4 heteroatoms. The minimum atomic E-state index is 0.0486. The van der Waals surface area contributed by atoms with Gasteiger partial charge >= 0.3 is 0 Å². The molecule has 0 saturated heterocycles. The normalized spacial score (nSPS) is 30.0. The molecule has 0 aliphatic carbocycles. The van der Waals surface area contributed by atoms with E-state index in [-0.39, 0.29) is 5.50 Å². The van der Waals surface area contributed by atoms with Crippen LogP contribution in [-0.2, 0) is 0 Å². The monoisotopic (exact) mass is 133 g/mol. The van der Waals surface area contributed by atoms with E-state index in [1.54, 1.807) is 11.2 Å². The molecule has 0 radical (unpaired) electrons. The van der Waals surface area contributed by atoms with E-state index < -0.39 is 0 Å². The van der Waals surface area contributed by atoms with Crippen molar-refractivity contribution in [3.63, 3.8) is 0 Å². The van der Waals surface area contributed by atoms with E-state index in [0.717, 1.165) is 6.42 Å². The molecule has 1 unspecified atom stereocenters. The van der Waals surface area contributed by atoms with E-state index in [1.807, 2.05) is 7.05 Å². The molecular formula is C4H8ClN3. The second-order valence-corrected chi connectivity index (χ2v) is 2.20. The Bertz CT molecular complexity index is 91.5. The zero-order valence-corrected chi connectivity index (χ0v) is 5.39. The van der Waals surface area contributed by atoms with Gasteiger partial charge < -0.3 is 0 Å². The first-order valence-corrected chi connectivity index (χ1v) is 2.88. The van der Waals surface area contributed by atoms with Crippen LogP contribution in [0.5, 0.6) is 0 Å². The smallest absolute Gasteiger partial charge is 0.109 e. The zero-order valence-electron chi connectivity index (χ0n) is 4.63.